The molecule has 170 valence electrons. The lowest BCUT2D eigenvalue weighted by atomic mass is 10.1. The summed E-state index contributed by atoms with van der Waals surface area (Å²) in [6.07, 6.45) is 1.43. The highest BCUT2D eigenvalue weighted by Gasteiger charge is 2.34. The number of aryl methyl sites for hydroxylation is 3. The van der Waals surface area contributed by atoms with Gasteiger partial charge in [0.1, 0.15) is 11.6 Å². The minimum atomic E-state index is -3.40. The molecule has 0 amide bonds. The zero-order valence-corrected chi connectivity index (χ0v) is 20.0. The molecule has 2 heterocycles. The fourth-order valence-electron chi connectivity index (χ4n) is 4.58. The summed E-state index contributed by atoms with van der Waals surface area (Å²) in [5.74, 6) is -1.20. The largest absolute Gasteiger partial charge is 0.348 e. The number of benzene rings is 2. The Bertz CT molecular complexity index is 1200. The van der Waals surface area contributed by atoms with Crippen molar-refractivity contribution in [2.75, 3.05) is 18.0 Å². The van der Waals surface area contributed by atoms with Crippen LogP contribution in [0.15, 0.2) is 40.6 Å². The summed E-state index contributed by atoms with van der Waals surface area (Å²) in [4.78, 5) is 7.19. The molecule has 4 nitrogen and oxygen atoms in total. The van der Waals surface area contributed by atoms with Gasteiger partial charge in [-0.1, -0.05) is 17.7 Å². The van der Waals surface area contributed by atoms with Crippen molar-refractivity contribution in [1.29, 1.82) is 0 Å². The minimum absolute atomic E-state index is 0.349. The van der Waals surface area contributed by atoms with E-state index in [1.165, 1.54) is 23.5 Å². The van der Waals surface area contributed by atoms with Crippen LogP contribution in [-0.4, -0.2) is 31.7 Å². The predicted molar refractivity (Wildman–Crippen MR) is 124 cm³/mol. The number of rotatable bonds is 5. The van der Waals surface area contributed by atoms with Crippen LogP contribution in [0.3, 0.4) is 0 Å². The Hall–Kier alpha value is -2.32. The number of hydrogen-bond donors (Lipinski definition) is 0. The van der Waals surface area contributed by atoms with E-state index in [9.17, 15) is 17.2 Å². The van der Waals surface area contributed by atoms with Crippen molar-refractivity contribution in [3.05, 3.63) is 75.3 Å². The molecule has 32 heavy (non-hydrogen) atoms. The van der Waals surface area contributed by atoms with E-state index in [-0.39, 0.29) is 0 Å². The quantitative estimate of drug-likeness (QED) is 0.496. The Balaban J connectivity index is 1.44. The third-order valence-corrected chi connectivity index (χ3v) is 9.40. The van der Waals surface area contributed by atoms with E-state index in [1.54, 1.807) is 0 Å². The number of nitrogens with zero attached hydrogens (tertiary/aromatic N) is 2. The molecule has 0 saturated carbocycles. The summed E-state index contributed by atoms with van der Waals surface area (Å²) in [7, 11) is -3.40. The summed E-state index contributed by atoms with van der Waals surface area (Å²) < 4.78 is 53.6. The third-order valence-electron chi connectivity index (χ3n) is 5.89. The van der Waals surface area contributed by atoms with Crippen molar-refractivity contribution in [1.82, 2.24) is 4.98 Å². The Labute approximate surface area is 191 Å². The number of thiazole rings is 1. The van der Waals surface area contributed by atoms with E-state index in [0.29, 0.717) is 42.8 Å². The molecule has 1 saturated heterocycles. The van der Waals surface area contributed by atoms with Gasteiger partial charge in [0.2, 0.25) is 0 Å². The average molecular weight is 477 g/mol. The molecule has 2 aromatic carbocycles. The van der Waals surface area contributed by atoms with Crippen LogP contribution < -0.4 is 4.90 Å². The Morgan fingerprint density at radius 2 is 1.59 bits per heavy atom. The summed E-state index contributed by atoms with van der Waals surface area (Å²) in [6.45, 7) is 6.92. The third kappa shape index (κ3) is 4.71. The summed E-state index contributed by atoms with van der Waals surface area (Å²) in [6, 6.07) is 7.34. The van der Waals surface area contributed by atoms with Gasteiger partial charge in [-0.05, 0) is 62.4 Å². The molecule has 8 heteroatoms. The average Bonchev–Trinajstić information content (AvgIpc) is 3.14. The number of piperidine rings is 1. The molecule has 1 fully saturated rings. The van der Waals surface area contributed by atoms with E-state index in [0.717, 1.165) is 33.6 Å². The van der Waals surface area contributed by atoms with Crippen molar-refractivity contribution in [3.63, 3.8) is 0 Å². The van der Waals surface area contributed by atoms with E-state index < -0.39 is 26.7 Å². The van der Waals surface area contributed by atoms with Gasteiger partial charge < -0.3 is 4.90 Å². The second kappa shape index (κ2) is 8.90. The SMILES string of the molecule is Cc1cc(C)c(S(=O)(=O)C2CCN(c3nc(Cc4cc(F)cc(F)c4)cs3)CC2)c(C)c1. The van der Waals surface area contributed by atoms with Crippen LogP contribution >= 0.6 is 11.3 Å². The van der Waals surface area contributed by atoms with Gasteiger partial charge in [-0.2, -0.15) is 0 Å². The standard InChI is InChI=1S/C24H26F2N2O2S2/c1-15-8-16(2)23(17(3)9-15)32(29,30)22-4-6-28(7-5-22)24-27-21(14-31-24)12-18-10-19(25)13-20(26)11-18/h8-11,13-14,22H,4-7,12H2,1-3H3. The van der Waals surface area contributed by atoms with Gasteiger partial charge in [0.05, 0.1) is 15.8 Å². The first-order valence-electron chi connectivity index (χ1n) is 10.6. The first-order chi connectivity index (χ1) is 15.1. The lowest BCUT2D eigenvalue weighted by Crippen LogP contribution is -2.39. The molecule has 0 bridgehead atoms. The normalized spacial score (nSPS) is 15.3. The number of aromatic nitrogens is 1. The molecule has 3 aromatic rings. The Morgan fingerprint density at radius 1 is 1.00 bits per heavy atom. The van der Waals surface area contributed by atoms with E-state index >= 15 is 0 Å². The highest BCUT2D eigenvalue weighted by molar-refractivity contribution is 7.92. The summed E-state index contributed by atoms with van der Waals surface area (Å²) in [5, 5.41) is 2.30. The molecule has 0 radical (unpaired) electrons. The molecule has 1 aromatic heterocycles. The molecule has 0 N–H and O–H groups in total. The van der Waals surface area contributed by atoms with Crippen LogP contribution in [0.5, 0.6) is 0 Å². The van der Waals surface area contributed by atoms with Gasteiger partial charge in [0.15, 0.2) is 15.0 Å². The van der Waals surface area contributed by atoms with Gasteiger partial charge in [0.25, 0.3) is 0 Å². The van der Waals surface area contributed by atoms with Crippen LogP contribution in [0.25, 0.3) is 0 Å². The van der Waals surface area contributed by atoms with Gasteiger partial charge >= 0.3 is 0 Å². The fourth-order valence-corrected chi connectivity index (χ4v) is 7.64. The number of anilines is 1. The lowest BCUT2D eigenvalue weighted by Gasteiger charge is -2.32. The Morgan fingerprint density at radius 3 is 2.19 bits per heavy atom. The van der Waals surface area contributed by atoms with Gasteiger partial charge in [-0.15, -0.1) is 11.3 Å². The van der Waals surface area contributed by atoms with Crippen molar-refractivity contribution in [3.8, 4) is 0 Å². The zero-order chi connectivity index (χ0) is 23.0. The first kappa shape index (κ1) is 22.9. The second-order valence-corrected chi connectivity index (χ2v) is 11.5. The maximum Gasteiger partial charge on any atom is 0.185 e. The van der Waals surface area contributed by atoms with Gasteiger partial charge in [-0.3, -0.25) is 0 Å². The molecule has 0 aliphatic carbocycles. The summed E-state index contributed by atoms with van der Waals surface area (Å²) >= 11 is 1.47. The van der Waals surface area contributed by atoms with Crippen LogP contribution in [0.4, 0.5) is 13.9 Å². The lowest BCUT2D eigenvalue weighted by molar-refractivity contribution is 0.528. The smallest absolute Gasteiger partial charge is 0.185 e. The topological polar surface area (TPSA) is 50.3 Å². The molecular weight excluding hydrogens is 450 g/mol. The maximum absolute atomic E-state index is 13.4. The molecular formula is C24H26F2N2O2S2. The van der Waals surface area contributed by atoms with E-state index in [4.69, 9.17) is 0 Å². The molecule has 1 aliphatic heterocycles. The van der Waals surface area contributed by atoms with Gasteiger partial charge in [0, 0.05) is 31.0 Å². The van der Waals surface area contributed by atoms with E-state index in [1.807, 2.05) is 38.3 Å². The number of halogens is 2. The molecule has 1 aliphatic rings. The minimum Gasteiger partial charge on any atom is -0.348 e. The molecule has 0 atom stereocenters. The summed E-state index contributed by atoms with van der Waals surface area (Å²) in [5.41, 5.74) is 3.96. The molecule has 4 rings (SSSR count). The molecule has 0 spiro atoms. The van der Waals surface area contributed by atoms with E-state index in [2.05, 4.69) is 9.88 Å². The zero-order valence-electron chi connectivity index (χ0n) is 18.4. The number of sulfone groups is 1. The Kier molecular flexibility index (Phi) is 6.36. The van der Waals surface area contributed by atoms with Crippen LogP contribution in [-0.2, 0) is 16.3 Å². The maximum atomic E-state index is 13.4. The second-order valence-electron chi connectivity index (χ2n) is 8.54. The monoisotopic (exact) mass is 476 g/mol. The van der Waals surface area contributed by atoms with Crippen molar-refractivity contribution < 1.29 is 17.2 Å². The van der Waals surface area contributed by atoms with Crippen LogP contribution in [0.2, 0.25) is 0 Å². The first-order valence-corrected chi connectivity index (χ1v) is 13.0. The fraction of sp³-hybridized carbons (Fsp3) is 0.375. The highest BCUT2D eigenvalue weighted by atomic mass is 32.2. The van der Waals surface area contributed by atoms with Crippen molar-refractivity contribution in [2.24, 2.45) is 0 Å². The van der Waals surface area contributed by atoms with Crippen LogP contribution in [0, 0.1) is 32.4 Å². The predicted octanol–water partition coefficient (Wildman–Crippen LogP) is 5.38. The number of hydrogen-bond acceptors (Lipinski definition) is 5. The van der Waals surface area contributed by atoms with Crippen LogP contribution in [0.1, 0.15) is 40.8 Å². The molecule has 0 unspecified atom stereocenters. The highest BCUT2D eigenvalue weighted by Crippen LogP contribution is 2.32. The van der Waals surface area contributed by atoms with Crippen molar-refractivity contribution in [2.45, 2.75) is 50.2 Å². The van der Waals surface area contributed by atoms with Crippen molar-refractivity contribution >= 4 is 26.3 Å². The van der Waals surface area contributed by atoms with Gasteiger partial charge in [-0.25, -0.2) is 22.2 Å².